The third-order valence-corrected chi connectivity index (χ3v) is 2.14. The standard InChI is InChI=1S/C9H18N2O/c1-7(2)11-9(12)8-3-5-10-6-4-8/h7-8,10H,3-6H2,1-2H3,(H,11,12). The van der Waals surface area contributed by atoms with Crippen molar-refractivity contribution in [1.29, 1.82) is 0 Å². The van der Waals surface area contributed by atoms with Crippen molar-refractivity contribution in [2.45, 2.75) is 32.7 Å². The normalized spacial score (nSPS) is 19.6. The van der Waals surface area contributed by atoms with Gasteiger partial charge < -0.3 is 10.6 Å². The summed E-state index contributed by atoms with van der Waals surface area (Å²) < 4.78 is 0. The van der Waals surface area contributed by atoms with Gasteiger partial charge in [0.2, 0.25) is 5.91 Å². The quantitative estimate of drug-likeness (QED) is 0.634. The SMILES string of the molecule is CC(C)NC(=O)C1CCNCC1. The van der Waals surface area contributed by atoms with Crippen LogP contribution in [0.2, 0.25) is 0 Å². The van der Waals surface area contributed by atoms with Crippen molar-refractivity contribution < 1.29 is 4.79 Å². The molecule has 0 aromatic heterocycles. The Morgan fingerprint density at radius 2 is 2.00 bits per heavy atom. The van der Waals surface area contributed by atoms with Gasteiger partial charge >= 0.3 is 0 Å². The summed E-state index contributed by atoms with van der Waals surface area (Å²) in [7, 11) is 0. The average molecular weight is 170 g/mol. The summed E-state index contributed by atoms with van der Waals surface area (Å²) in [5.41, 5.74) is 0. The van der Waals surface area contributed by atoms with Gasteiger partial charge in [-0.2, -0.15) is 0 Å². The van der Waals surface area contributed by atoms with E-state index in [1.165, 1.54) is 0 Å². The van der Waals surface area contributed by atoms with E-state index in [4.69, 9.17) is 0 Å². The molecule has 0 atom stereocenters. The van der Waals surface area contributed by atoms with Crippen molar-refractivity contribution in [2.75, 3.05) is 13.1 Å². The fraction of sp³-hybridized carbons (Fsp3) is 0.889. The van der Waals surface area contributed by atoms with Crippen LogP contribution in [0.25, 0.3) is 0 Å². The van der Waals surface area contributed by atoms with E-state index in [-0.39, 0.29) is 17.9 Å². The number of carbonyl (C=O) groups is 1. The smallest absolute Gasteiger partial charge is 0.223 e. The zero-order valence-corrected chi connectivity index (χ0v) is 7.89. The molecule has 1 saturated heterocycles. The predicted octanol–water partition coefficient (Wildman–Crippen LogP) is 0.511. The van der Waals surface area contributed by atoms with Crippen LogP contribution in [0.3, 0.4) is 0 Å². The van der Waals surface area contributed by atoms with E-state index in [0.29, 0.717) is 0 Å². The fourth-order valence-corrected chi connectivity index (χ4v) is 1.49. The highest BCUT2D eigenvalue weighted by molar-refractivity contribution is 5.78. The molecule has 70 valence electrons. The maximum Gasteiger partial charge on any atom is 0.223 e. The second-order valence-corrected chi connectivity index (χ2v) is 3.69. The van der Waals surface area contributed by atoms with Gasteiger partial charge in [-0.3, -0.25) is 4.79 Å². The molecular formula is C9H18N2O. The Balaban J connectivity index is 2.30. The Bertz CT molecular complexity index is 151. The summed E-state index contributed by atoms with van der Waals surface area (Å²) in [6, 6.07) is 0.271. The van der Waals surface area contributed by atoms with E-state index in [9.17, 15) is 4.79 Å². The number of carbonyl (C=O) groups excluding carboxylic acids is 1. The van der Waals surface area contributed by atoms with Gasteiger partial charge in [0, 0.05) is 12.0 Å². The van der Waals surface area contributed by atoms with Crippen LogP contribution in [0.4, 0.5) is 0 Å². The van der Waals surface area contributed by atoms with Crippen molar-refractivity contribution in [3.8, 4) is 0 Å². The minimum Gasteiger partial charge on any atom is -0.354 e. The molecule has 0 radical (unpaired) electrons. The molecule has 3 heteroatoms. The summed E-state index contributed by atoms with van der Waals surface area (Å²) in [5, 5.41) is 6.19. The topological polar surface area (TPSA) is 41.1 Å². The zero-order valence-electron chi connectivity index (χ0n) is 7.89. The average Bonchev–Trinajstić information content (AvgIpc) is 2.05. The maximum absolute atomic E-state index is 11.5. The molecule has 1 fully saturated rings. The molecule has 0 aromatic carbocycles. The number of hydrogen-bond donors (Lipinski definition) is 2. The highest BCUT2D eigenvalue weighted by atomic mass is 16.1. The lowest BCUT2D eigenvalue weighted by Crippen LogP contribution is -2.40. The van der Waals surface area contributed by atoms with E-state index < -0.39 is 0 Å². The minimum absolute atomic E-state index is 0.228. The van der Waals surface area contributed by atoms with Gasteiger partial charge in [-0.15, -0.1) is 0 Å². The molecule has 1 rings (SSSR count). The minimum atomic E-state index is 0.228. The highest BCUT2D eigenvalue weighted by Crippen LogP contribution is 2.11. The summed E-state index contributed by atoms with van der Waals surface area (Å²) in [6.07, 6.45) is 1.97. The van der Waals surface area contributed by atoms with Crippen LogP contribution in [0.5, 0.6) is 0 Å². The molecule has 0 aromatic rings. The van der Waals surface area contributed by atoms with Crippen LogP contribution in [0.15, 0.2) is 0 Å². The van der Waals surface area contributed by atoms with E-state index in [0.717, 1.165) is 25.9 Å². The third-order valence-electron chi connectivity index (χ3n) is 2.14. The lowest BCUT2D eigenvalue weighted by molar-refractivity contribution is -0.126. The lowest BCUT2D eigenvalue weighted by atomic mass is 9.97. The van der Waals surface area contributed by atoms with Crippen molar-refractivity contribution in [1.82, 2.24) is 10.6 Å². The van der Waals surface area contributed by atoms with Crippen molar-refractivity contribution in [2.24, 2.45) is 5.92 Å². The second kappa shape index (κ2) is 4.45. The number of nitrogens with one attached hydrogen (secondary N) is 2. The Kier molecular flexibility index (Phi) is 3.53. The van der Waals surface area contributed by atoms with Gasteiger partial charge in [-0.1, -0.05) is 0 Å². The van der Waals surface area contributed by atoms with Crippen LogP contribution in [0, 0.1) is 5.92 Å². The first kappa shape index (κ1) is 9.52. The van der Waals surface area contributed by atoms with Crippen LogP contribution in [-0.2, 0) is 4.79 Å². The molecule has 1 aliphatic heterocycles. The van der Waals surface area contributed by atoms with Gasteiger partial charge in [0.15, 0.2) is 0 Å². The zero-order chi connectivity index (χ0) is 8.97. The van der Waals surface area contributed by atoms with Crippen molar-refractivity contribution in [3.63, 3.8) is 0 Å². The molecule has 0 saturated carbocycles. The second-order valence-electron chi connectivity index (χ2n) is 3.69. The number of hydrogen-bond acceptors (Lipinski definition) is 2. The molecule has 1 heterocycles. The summed E-state index contributed by atoms with van der Waals surface area (Å²) in [6.45, 7) is 5.96. The fourth-order valence-electron chi connectivity index (χ4n) is 1.49. The number of amides is 1. The summed E-state index contributed by atoms with van der Waals surface area (Å²) in [5.74, 6) is 0.472. The first-order valence-electron chi connectivity index (χ1n) is 4.71. The van der Waals surface area contributed by atoms with Gasteiger partial charge in [0.25, 0.3) is 0 Å². The molecule has 12 heavy (non-hydrogen) atoms. The Hall–Kier alpha value is -0.570. The largest absolute Gasteiger partial charge is 0.354 e. The van der Waals surface area contributed by atoms with E-state index in [1.54, 1.807) is 0 Å². The molecule has 3 nitrogen and oxygen atoms in total. The number of rotatable bonds is 2. The van der Waals surface area contributed by atoms with Crippen molar-refractivity contribution >= 4 is 5.91 Å². The molecular weight excluding hydrogens is 152 g/mol. The molecule has 0 aliphatic carbocycles. The van der Waals surface area contributed by atoms with E-state index >= 15 is 0 Å². The van der Waals surface area contributed by atoms with Crippen molar-refractivity contribution in [3.05, 3.63) is 0 Å². The summed E-state index contributed by atoms with van der Waals surface area (Å²) in [4.78, 5) is 11.5. The van der Waals surface area contributed by atoms with E-state index in [1.807, 2.05) is 13.8 Å². The number of piperidine rings is 1. The van der Waals surface area contributed by atoms with Gasteiger partial charge in [0.1, 0.15) is 0 Å². The third kappa shape index (κ3) is 2.81. The van der Waals surface area contributed by atoms with Crippen LogP contribution < -0.4 is 10.6 Å². The van der Waals surface area contributed by atoms with Crippen LogP contribution in [-0.4, -0.2) is 25.0 Å². The predicted molar refractivity (Wildman–Crippen MR) is 48.9 cm³/mol. The first-order valence-corrected chi connectivity index (χ1v) is 4.71. The highest BCUT2D eigenvalue weighted by Gasteiger charge is 2.20. The molecule has 0 unspecified atom stereocenters. The van der Waals surface area contributed by atoms with Gasteiger partial charge in [-0.05, 0) is 39.8 Å². The van der Waals surface area contributed by atoms with Crippen LogP contribution in [0.1, 0.15) is 26.7 Å². The molecule has 1 aliphatic rings. The molecule has 0 bridgehead atoms. The molecule has 2 N–H and O–H groups in total. The van der Waals surface area contributed by atoms with Gasteiger partial charge in [-0.25, -0.2) is 0 Å². The lowest BCUT2D eigenvalue weighted by Gasteiger charge is -2.22. The summed E-state index contributed by atoms with van der Waals surface area (Å²) >= 11 is 0. The Morgan fingerprint density at radius 1 is 1.42 bits per heavy atom. The van der Waals surface area contributed by atoms with Gasteiger partial charge in [0.05, 0.1) is 0 Å². The molecule has 0 spiro atoms. The first-order chi connectivity index (χ1) is 5.70. The monoisotopic (exact) mass is 170 g/mol. The molecule has 1 amide bonds. The Morgan fingerprint density at radius 3 is 2.50 bits per heavy atom. The van der Waals surface area contributed by atoms with Crippen LogP contribution >= 0.6 is 0 Å². The Labute approximate surface area is 73.9 Å². The maximum atomic E-state index is 11.5. The van der Waals surface area contributed by atoms with E-state index in [2.05, 4.69) is 10.6 Å².